The minimum Gasteiger partial charge on any atom is -0.358 e. The van der Waals surface area contributed by atoms with Crippen LogP contribution in [0.5, 0.6) is 0 Å². The van der Waals surface area contributed by atoms with E-state index < -0.39 is 10.0 Å². The van der Waals surface area contributed by atoms with Crippen LogP contribution < -0.4 is 16.2 Å². The Morgan fingerprint density at radius 3 is 2.64 bits per heavy atom. The van der Waals surface area contributed by atoms with Crippen LogP contribution in [0.3, 0.4) is 0 Å². The zero-order chi connectivity index (χ0) is 18.0. The maximum Gasteiger partial charge on any atom is 0.242 e. The van der Waals surface area contributed by atoms with Gasteiger partial charge in [0.15, 0.2) is 5.11 Å². The van der Waals surface area contributed by atoms with Gasteiger partial charge in [0.05, 0.1) is 11.7 Å². The SMILES string of the molecule is CCS(=O)(=O)N1CCCC(C(=O)NNC(=S)NC2CC3CCC2C3)C1. The number of sulfonamides is 1. The smallest absolute Gasteiger partial charge is 0.242 e. The highest BCUT2D eigenvalue weighted by atomic mass is 32.2. The molecule has 0 aromatic rings. The molecule has 2 bridgehead atoms. The Bertz CT molecular complexity index is 625. The number of nitrogens with one attached hydrogen (secondary N) is 3. The van der Waals surface area contributed by atoms with Gasteiger partial charge in [0, 0.05) is 19.1 Å². The fourth-order valence-corrected chi connectivity index (χ4v) is 5.82. The van der Waals surface area contributed by atoms with Crippen molar-refractivity contribution in [3.63, 3.8) is 0 Å². The zero-order valence-corrected chi connectivity index (χ0v) is 16.3. The quantitative estimate of drug-likeness (QED) is 0.486. The lowest BCUT2D eigenvalue weighted by Gasteiger charge is -2.31. The topological polar surface area (TPSA) is 90.5 Å². The Morgan fingerprint density at radius 2 is 2.00 bits per heavy atom. The molecule has 3 N–H and O–H groups in total. The van der Waals surface area contributed by atoms with Crippen molar-refractivity contribution in [3.8, 4) is 0 Å². The molecule has 9 heteroatoms. The predicted molar refractivity (Wildman–Crippen MR) is 100 cm³/mol. The second-order valence-corrected chi connectivity index (χ2v) is 10.1. The van der Waals surface area contributed by atoms with Crippen LogP contribution in [0.1, 0.15) is 45.4 Å². The van der Waals surface area contributed by atoms with E-state index in [1.165, 1.54) is 23.6 Å². The molecule has 3 aliphatic rings. The average Bonchev–Trinajstić information content (AvgIpc) is 3.22. The van der Waals surface area contributed by atoms with Gasteiger partial charge in [-0.3, -0.25) is 15.6 Å². The molecule has 1 amide bonds. The molecular weight excluding hydrogens is 360 g/mol. The largest absolute Gasteiger partial charge is 0.358 e. The van der Waals surface area contributed by atoms with E-state index in [0.29, 0.717) is 36.5 Å². The van der Waals surface area contributed by atoms with Crippen LogP contribution >= 0.6 is 12.2 Å². The zero-order valence-electron chi connectivity index (χ0n) is 14.7. The number of nitrogens with zero attached hydrogens (tertiary/aromatic N) is 1. The Balaban J connectivity index is 1.43. The molecule has 1 saturated heterocycles. The first-order chi connectivity index (χ1) is 11.9. The van der Waals surface area contributed by atoms with Crippen molar-refractivity contribution in [1.82, 2.24) is 20.5 Å². The van der Waals surface area contributed by atoms with Gasteiger partial charge in [-0.2, -0.15) is 0 Å². The van der Waals surface area contributed by atoms with Crippen molar-refractivity contribution < 1.29 is 13.2 Å². The van der Waals surface area contributed by atoms with E-state index >= 15 is 0 Å². The maximum atomic E-state index is 12.3. The summed E-state index contributed by atoms with van der Waals surface area (Å²) in [4.78, 5) is 12.3. The molecule has 0 aromatic carbocycles. The summed E-state index contributed by atoms with van der Waals surface area (Å²) in [5.74, 6) is 1.05. The third kappa shape index (κ3) is 4.43. The summed E-state index contributed by atoms with van der Waals surface area (Å²) in [5.41, 5.74) is 5.43. The molecular formula is C16H28N4O3S2. The molecule has 4 unspecified atom stereocenters. The van der Waals surface area contributed by atoms with Crippen LogP contribution in [0.4, 0.5) is 0 Å². The van der Waals surface area contributed by atoms with Gasteiger partial charge in [0.1, 0.15) is 0 Å². The first-order valence-corrected chi connectivity index (χ1v) is 11.2. The summed E-state index contributed by atoms with van der Waals surface area (Å²) >= 11 is 5.28. The van der Waals surface area contributed by atoms with Gasteiger partial charge >= 0.3 is 0 Å². The van der Waals surface area contributed by atoms with E-state index in [4.69, 9.17) is 12.2 Å². The van der Waals surface area contributed by atoms with E-state index in [2.05, 4.69) is 16.2 Å². The average molecular weight is 389 g/mol. The molecule has 142 valence electrons. The molecule has 2 saturated carbocycles. The minimum atomic E-state index is -3.24. The van der Waals surface area contributed by atoms with Crippen LogP contribution in [-0.4, -0.2) is 48.6 Å². The second kappa shape index (κ2) is 7.75. The summed E-state index contributed by atoms with van der Waals surface area (Å²) < 4.78 is 25.4. The van der Waals surface area contributed by atoms with Gasteiger partial charge in [0.2, 0.25) is 15.9 Å². The normalized spacial score (nSPS) is 32.4. The van der Waals surface area contributed by atoms with E-state index in [0.717, 1.165) is 12.3 Å². The lowest BCUT2D eigenvalue weighted by atomic mass is 9.96. The number of carbonyl (C=O) groups is 1. The number of amides is 1. The Morgan fingerprint density at radius 1 is 1.20 bits per heavy atom. The van der Waals surface area contributed by atoms with Crippen molar-refractivity contribution in [2.45, 2.75) is 51.5 Å². The summed E-state index contributed by atoms with van der Waals surface area (Å²) in [6.07, 6.45) is 6.43. The molecule has 1 heterocycles. The van der Waals surface area contributed by atoms with Crippen LogP contribution in [0.25, 0.3) is 0 Å². The maximum absolute atomic E-state index is 12.3. The van der Waals surface area contributed by atoms with Crippen molar-refractivity contribution >= 4 is 33.3 Å². The van der Waals surface area contributed by atoms with E-state index in [1.54, 1.807) is 6.92 Å². The monoisotopic (exact) mass is 388 g/mol. The van der Waals surface area contributed by atoms with Crippen molar-refractivity contribution in [3.05, 3.63) is 0 Å². The van der Waals surface area contributed by atoms with E-state index in [-0.39, 0.29) is 24.1 Å². The van der Waals surface area contributed by atoms with Crippen LogP contribution in [0.2, 0.25) is 0 Å². The molecule has 25 heavy (non-hydrogen) atoms. The predicted octanol–water partition coefficient (Wildman–Crippen LogP) is 0.732. The fourth-order valence-electron chi connectivity index (χ4n) is 4.44. The van der Waals surface area contributed by atoms with Crippen molar-refractivity contribution in [2.75, 3.05) is 18.8 Å². The number of piperidine rings is 1. The molecule has 0 spiro atoms. The molecule has 7 nitrogen and oxygen atoms in total. The number of thiocarbonyl (C=S) groups is 1. The first-order valence-electron chi connectivity index (χ1n) is 9.23. The first kappa shape index (κ1) is 18.8. The third-order valence-corrected chi connectivity index (χ3v) is 7.93. The van der Waals surface area contributed by atoms with Crippen molar-refractivity contribution in [2.24, 2.45) is 17.8 Å². The van der Waals surface area contributed by atoms with Gasteiger partial charge in [0.25, 0.3) is 0 Å². The summed E-state index contributed by atoms with van der Waals surface area (Å²) in [7, 11) is -3.24. The number of hydrogen-bond acceptors (Lipinski definition) is 4. The molecule has 2 aliphatic carbocycles. The van der Waals surface area contributed by atoms with Crippen LogP contribution in [0, 0.1) is 17.8 Å². The molecule has 3 rings (SSSR count). The lowest BCUT2D eigenvalue weighted by Crippen LogP contribution is -2.54. The fraction of sp³-hybridized carbons (Fsp3) is 0.875. The van der Waals surface area contributed by atoms with Crippen LogP contribution in [-0.2, 0) is 14.8 Å². The number of fused-ring (bicyclic) bond motifs is 2. The molecule has 0 radical (unpaired) electrons. The third-order valence-electron chi connectivity index (χ3n) is 5.87. The summed E-state index contributed by atoms with van der Waals surface area (Å²) in [6, 6.07) is 0.413. The number of hydrazine groups is 1. The van der Waals surface area contributed by atoms with E-state index in [1.807, 2.05) is 0 Å². The highest BCUT2D eigenvalue weighted by molar-refractivity contribution is 7.89. The number of hydrogen-bond donors (Lipinski definition) is 3. The second-order valence-electron chi connectivity index (χ2n) is 7.47. The van der Waals surface area contributed by atoms with Crippen LogP contribution in [0.15, 0.2) is 0 Å². The number of carbonyl (C=O) groups excluding carboxylic acids is 1. The summed E-state index contributed by atoms with van der Waals surface area (Å²) in [5, 5.41) is 3.75. The summed E-state index contributed by atoms with van der Waals surface area (Å²) in [6.45, 7) is 2.37. The van der Waals surface area contributed by atoms with Gasteiger partial charge in [-0.1, -0.05) is 6.42 Å². The van der Waals surface area contributed by atoms with Gasteiger partial charge in [-0.05, 0) is 63.1 Å². The molecule has 3 fully saturated rings. The standard InChI is InChI=1S/C16H28N4O3S2/c1-2-25(22,23)20-7-3-4-13(10-20)15(21)18-19-16(24)17-14-9-11-5-6-12(14)8-11/h11-14H,2-10H2,1H3,(H,18,21)(H2,17,19,24). The van der Waals surface area contributed by atoms with Gasteiger partial charge < -0.3 is 5.32 Å². The number of rotatable bonds is 4. The molecule has 1 aliphatic heterocycles. The molecule has 0 aromatic heterocycles. The van der Waals surface area contributed by atoms with E-state index in [9.17, 15) is 13.2 Å². The highest BCUT2D eigenvalue weighted by Gasteiger charge is 2.39. The molecule has 4 atom stereocenters. The Kier molecular flexibility index (Phi) is 5.85. The Hall–Kier alpha value is -0.930. The van der Waals surface area contributed by atoms with Crippen molar-refractivity contribution in [1.29, 1.82) is 0 Å². The van der Waals surface area contributed by atoms with Gasteiger partial charge in [-0.15, -0.1) is 0 Å². The lowest BCUT2D eigenvalue weighted by molar-refractivity contribution is -0.126. The minimum absolute atomic E-state index is 0.0666. The highest BCUT2D eigenvalue weighted by Crippen LogP contribution is 2.44. The Labute approximate surface area is 155 Å². The van der Waals surface area contributed by atoms with Gasteiger partial charge in [-0.25, -0.2) is 12.7 Å².